The zero-order valence-corrected chi connectivity index (χ0v) is 16.8. The molecule has 1 atom stereocenters. The number of piperidine rings is 1. The Balaban J connectivity index is 2.36. The Morgan fingerprint density at radius 3 is 2.15 bits per heavy atom. The van der Waals surface area contributed by atoms with Crippen molar-refractivity contribution in [1.29, 1.82) is 0 Å². The molecule has 1 heterocycles. The zero-order valence-electron chi connectivity index (χ0n) is 16.8. The van der Waals surface area contributed by atoms with Crippen molar-refractivity contribution in [2.24, 2.45) is 0 Å². The molecule has 1 saturated heterocycles. The van der Waals surface area contributed by atoms with E-state index in [2.05, 4.69) is 10.6 Å². The minimum Gasteiger partial charge on any atom is -0.450 e. The lowest BCUT2D eigenvalue weighted by Gasteiger charge is -2.31. The average Bonchev–Trinajstić information content (AvgIpc) is 2.53. The second kappa shape index (κ2) is 10.4. The Morgan fingerprint density at radius 2 is 1.65 bits per heavy atom. The second-order valence-corrected chi connectivity index (χ2v) is 7.78. The van der Waals surface area contributed by atoms with E-state index < -0.39 is 0 Å². The van der Waals surface area contributed by atoms with E-state index in [-0.39, 0.29) is 42.6 Å². The van der Waals surface area contributed by atoms with Gasteiger partial charge in [0.1, 0.15) is 0 Å². The highest BCUT2D eigenvalue weighted by molar-refractivity contribution is 5.79. The quantitative estimate of drug-likeness (QED) is 0.565. The maximum atomic E-state index is 12.3. The van der Waals surface area contributed by atoms with E-state index in [1.165, 1.54) is 0 Å². The second-order valence-electron chi connectivity index (χ2n) is 7.78. The Morgan fingerprint density at radius 1 is 1.08 bits per heavy atom. The number of hydrogen-bond donors (Lipinski definition) is 3. The third kappa shape index (κ3) is 8.51. The first kappa shape index (κ1) is 22.2. The number of rotatable bonds is 7. The van der Waals surface area contributed by atoms with Crippen LogP contribution in [0.15, 0.2) is 0 Å². The number of ether oxygens (including phenoxy) is 1. The molecule has 0 saturated carbocycles. The van der Waals surface area contributed by atoms with Crippen LogP contribution in [-0.2, 0) is 14.3 Å². The molecule has 8 heteroatoms. The first-order chi connectivity index (χ1) is 12.1. The number of hydrogen-bond acceptors (Lipinski definition) is 4. The summed E-state index contributed by atoms with van der Waals surface area (Å²) in [6.07, 6.45) is 1.15. The van der Waals surface area contributed by atoms with Gasteiger partial charge < -0.3 is 25.2 Å². The number of likely N-dealkylation sites (N-methyl/N-ethyl adjacent to an activating group) is 1. The number of quaternary nitrogens is 1. The zero-order chi connectivity index (χ0) is 19.7. The molecule has 1 unspecified atom stereocenters. The number of amides is 3. The summed E-state index contributed by atoms with van der Waals surface area (Å²) in [5.41, 5.74) is -0.273. The van der Waals surface area contributed by atoms with Gasteiger partial charge in [0.2, 0.25) is 0 Å². The van der Waals surface area contributed by atoms with Crippen LogP contribution in [0.5, 0.6) is 0 Å². The maximum absolute atomic E-state index is 12.3. The van der Waals surface area contributed by atoms with E-state index >= 15 is 0 Å². The third-order valence-electron chi connectivity index (χ3n) is 4.22. The molecule has 1 rings (SSSR count). The fraction of sp³-hybridized carbons (Fsp3) is 0.833. The summed E-state index contributed by atoms with van der Waals surface area (Å²) in [5.74, 6) is -0.107. The monoisotopic (exact) mass is 371 g/mol. The molecule has 26 heavy (non-hydrogen) atoms. The number of nitrogens with one attached hydrogen (secondary N) is 3. The molecule has 1 fully saturated rings. The van der Waals surface area contributed by atoms with Crippen molar-refractivity contribution in [2.75, 3.05) is 39.3 Å². The van der Waals surface area contributed by atoms with Gasteiger partial charge in [0.15, 0.2) is 13.1 Å². The van der Waals surface area contributed by atoms with E-state index in [0.717, 1.165) is 17.7 Å². The van der Waals surface area contributed by atoms with Gasteiger partial charge in [0, 0.05) is 24.7 Å². The van der Waals surface area contributed by atoms with Crippen molar-refractivity contribution in [3.05, 3.63) is 0 Å². The summed E-state index contributed by atoms with van der Waals surface area (Å²) in [5, 5.41) is 5.95. The summed E-state index contributed by atoms with van der Waals surface area (Å²) < 4.78 is 4.99. The van der Waals surface area contributed by atoms with E-state index in [1.54, 1.807) is 11.8 Å². The Bertz CT molecular complexity index is 482. The van der Waals surface area contributed by atoms with Crippen molar-refractivity contribution in [2.45, 2.75) is 59.0 Å². The minimum atomic E-state index is -0.288. The van der Waals surface area contributed by atoms with Crippen LogP contribution < -0.4 is 15.5 Å². The minimum absolute atomic E-state index is 0.0510. The standard InChI is InChI=1S/C18H34N4O4/c1-6-21(13-16(24)20-18(3,4)5)12-15(23)19-14-8-10-22(11-9-14)17(25)26-7-2/h14H,6-13H2,1-5H3,(H,19,23)(H,20,24)/p+1. The van der Waals surface area contributed by atoms with Crippen molar-refractivity contribution in [1.82, 2.24) is 15.5 Å². The van der Waals surface area contributed by atoms with Crippen molar-refractivity contribution < 1.29 is 24.0 Å². The number of carbonyl (C=O) groups excluding carboxylic acids is 3. The molecule has 1 aliphatic heterocycles. The maximum Gasteiger partial charge on any atom is 0.409 e. The summed E-state index contributed by atoms with van der Waals surface area (Å²) in [4.78, 5) is 38.6. The fourth-order valence-corrected chi connectivity index (χ4v) is 2.93. The molecule has 0 aromatic carbocycles. The Kier molecular flexibility index (Phi) is 8.84. The Labute approximate surface area is 156 Å². The lowest BCUT2D eigenvalue weighted by molar-refractivity contribution is -0.881. The molecule has 0 aromatic heterocycles. The first-order valence-electron chi connectivity index (χ1n) is 9.50. The molecule has 0 aliphatic carbocycles. The predicted octanol–water partition coefficient (Wildman–Crippen LogP) is -0.457. The van der Waals surface area contributed by atoms with Gasteiger partial charge in [0.25, 0.3) is 11.8 Å². The van der Waals surface area contributed by atoms with Gasteiger partial charge in [-0.15, -0.1) is 0 Å². The molecule has 0 aromatic rings. The van der Waals surface area contributed by atoms with Gasteiger partial charge in [0.05, 0.1) is 13.2 Å². The summed E-state index contributed by atoms with van der Waals surface area (Å²) in [6, 6.07) is 0.0645. The van der Waals surface area contributed by atoms with Gasteiger partial charge in [-0.2, -0.15) is 0 Å². The lowest BCUT2D eigenvalue weighted by Crippen LogP contribution is -3.14. The van der Waals surface area contributed by atoms with Crippen LogP contribution in [0.3, 0.4) is 0 Å². The highest BCUT2D eigenvalue weighted by Gasteiger charge is 2.26. The molecular formula is C18H35N4O4+. The van der Waals surface area contributed by atoms with Crippen LogP contribution in [-0.4, -0.2) is 73.7 Å². The van der Waals surface area contributed by atoms with Crippen LogP contribution in [0, 0.1) is 0 Å². The van der Waals surface area contributed by atoms with Crippen LogP contribution in [0.2, 0.25) is 0 Å². The van der Waals surface area contributed by atoms with Gasteiger partial charge in [-0.1, -0.05) is 0 Å². The first-order valence-corrected chi connectivity index (χ1v) is 9.50. The summed E-state index contributed by atoms with van der Waals surface area (Å²) >= 11 is 0. The number of carbonyl (C=O) groups is 3. The van der Waals surface area contributed by atoms with E-state index in [4.69, 9.17) is 4.74 Å². The SMILES string of the molecule is CCOC(=O)N1CCC(NC(=O)C[NH+](CC)CC(=O)NC(C)(C)C)CC1. The van der Waals surface area contributed by atoms with E-state index in [9.17, 15) is 14.4 Å². The van der Waals surface area contributed by atoms with Crippen LogP contribution in [0.1, 0.15) is 47.5 Å². The highest BCUT2D eigenvalue weighted by atomic mass is 16.6. The topological polar surface area (TPSA) is 92.2 Å². The Hall–Kier alpha value is -1.83. The average molecular weight is 372 g/mol. The smallest absolute Gasteiger partial charge is 0.409 e. The number of likely N-dealkylation sites (tertiary alicyclic amines) is 1. The predicted molar refractivity (Wildman–Crippen MR) is 98.9 cm³/mol. The fourth-order valence-electron chi connectivity index (χ4n) is 2.93. The molecule has 8 nitrogen and oxygen atoms in total. The van der Waals surface area contributed by atoms with Gasteiger partial charge in [-0.25, -0.2) is 4.79 Å². The summed E-state index contributed by atoms with van der Waals surface area (Å²) in [6.45, 7) is 12.3. The van der Waals surface area contributed by atoms with Crippen molar-refractivity contribution in [3.63, 3.8) is 0 Å². The largest absolute Gasteiger partial charge is 0.450 e. The van der Waals surface area contributed by atoms with Crippen LogP contribution in [0.25, 0.3) is 0 Å². The molecule has 0 radical (unpaired) electrons. The normalized spacial score (nSPS) is 16.7. The highest BCUT2D eigenvalue weighted by Crippen LogP contribution is 2.11. The summed E-state index contributed by atoms with van der Waals surface area (Å²) in [7, 11) is 0. The molecule has 0 spiro atoms. The third-order valence-corrected chi connectivity index (χ3v) is 4.22. The molecule has 3 amide bonds. The van der Waals surface area contributed by atoms with Crippen LogP contribution in [0.4, 0.5) is 4.79 Å². The van der Waals surface area contributed by atoms with E-state index in [1.807, 2.05) is 27.7 Å². The molecule has 0 bridgehead atoms. The van der Waals surface area contributed by atoms with Crippen molar-refractivity contribution >= 4 is 17.9 Å². The van der Waals surface area contributed by atoms with Gasteiger partial charge >= 0.3 is 6.09 Å². The lowest BCUT2D eigenvalue weighted by atomic mass is 10.1. The molecular weight excluding hydrogens is 336 g/mol. The van der Waals surface area contributed by atoms with Gasteiger partial charge in [-0.3, -0.25) is 9.59 Å². The van der Waals surface area contributed by atoms with Crippen LogP contribution >= 0.6 is 0 Å². The number of nitrogens with zero attached hydrogens (tertiary/aromatic N) is 1. The molecule has 150 valence electrons. The molecule has 3 N–H and O–H groups in total. The van der Waals surface area contributed by atoms with E-state index in [0.29, 0.717) is 26.2 Å². The van der Waals surface area contributed by atoms with Crippen molar-refractivity contribution in [3.8, 4) is 0 Å². The van der Waals surface area contributed by atoms with Gasteiger partial charge in [-0.05, 0) is 47.5 Å². The molecule has 1 aliphatic rings.